The van der Waals surface area contributed by atoms with Crippen molar-refractivity contribution >= 4 is 11.6 Å². The molecule has 0 aliphatic carbocycles. The van der Waals surface area contributed by atoms with Crippen LogP contribution in [0.4, 0.5) is 0 Å². The smallest absolute Gasteiger partial charge is 0.227 e. The van der Waals surface area contributed by atoms with Crippen LogP contribution in [0.3, 0.4) is 0 Å². The number of imidazole rings is 1. The number of carbonyl (C=O) groups is 1. The molecule has 0 aliphatic heterocycles. The zero-order valence-electron chi connectivity index (χ0n) is 12.6. The Bertz CT molecular complexity index is 744. The van der Waals surface area contributed by atoms with E-state index in [1.54, 1.807) is 6.20 Å². The summed E-state index contributed by atoms with van der Waals surface area (Å²) in [6.45, 7) is 3.38. The van der Waals surface area contributed by atoms with Crippen molar-refractivity contribution in [1.82, 2.24) is 19.5 Å². The summed E-state index contributed by atoms with van der Waals surface area (Å²) < 4.78 is 3.90. The minimum Gasteiger partial charge on any atom is -0.354 e. The molecule has 1 unspecified atom stereocenters. The molecule has 3 rings (SSSR count). The first-order chi connectivity index (χ1) is 10.8. The molecular formula is C17H20N4O. The number of rotatable bonds is 6. The summed E-state index contributed by atoms with van der Waals surface area (Å²) in [5.41, 5.74) is 2.10. The summed E-state index contributed by atoms with van der Waals surface area (Å²) in [7, 11) is 0. The zero-order valence-corrected chi connectivity index (χ0v) is 12.6. The fourth-order valence-electron chi connectivity index (χ4n) is 2.74. The van der Waals surface area contributed by atoms with Crippen molar-refractivity contribution in [2.45, 2.75) is 25.8 Å². The number of aromatic nitrogens is 3. The Labute approximate surface area is 129 Å². The first-order valence-electron chi connectivity index (χ1n) is 7.60. The number of amides is 1. The van der Waals surface area contributed by atoms with Gasteiger partial charge in [0.1, 0.15) is 5.65 Å². The molecule has 1 atom stereocenters. The van der Waals surface area contributed by atoms with Gasteiger partial charge in [-0.25, -0.2) is 4.52 Å². The van der Waals surface area contributed by atoms with Gasteiger partial charge < -0.3 is 9.88 Å². The topological polar surface area (TPSA) is 51.3 Å². The van der Waals surface area contributed by atoms with E-state index in [1.807, 2.05) is 60.2 Å². The Kier molecular flexibility index (Phi) is 4.23. The van der Waals surface area contributed by atoms with Gasteiger partial charge in [-0.15, -0.1) is 0 Å². The number of nitrogens with zero attached hydrogens (tertiary/aromatic N) is 3. The number of benzene rings is 1. The van der Waals surface area contributed by atoms with Crippen LogP contribution in [0.25, 0.3) is 5.65 Å². The highest BCUT2D eigenvalue weighted by Crippen LogP contribution is 2.19. The summed E-state index contributed by atoms with van der Waals surface area (Å²) in [5.74, 6) is 0.00577. The lowest BCUT2D eigenvalue weighted by atomic mass is 9.96. The first kappa shape index (κ1) is 14.4. The molecule has 0 spiro atoms. The predicted molar refractivity (Wildman–Crippen MR) is 85.7 cm³/mol. The Morgan fingerprint density at radius 2 is 2.05 bits per heavy atom. The molecule has 0 saturated heterocycles. The van der Waals surface area contributed by atoms with E-state index in [4.69, 9.17) is 0 Å². The van der Waals surface area contributed by atoms with Gasteiger partial charge in [-0.2, -0.15) is 5.10 Å². The van der Waals surface area contributed by atoms with Gasteiger partial charge in [-0.05, 0) is 12.0 Å². The van der Waals surface area contributed by atoms with E-state index in [9.17, 15) is 4.79 Å². The second-order valence-corrected chi connectivity index (χ2v) is 5.29. The summed E-state index contributed by atoms with van der Waals surface area (Å²) in [6, 6.07) is 11.9. The number of fused-ring (bicyclic) bond motifs is 1. The summed E-state index contributed by atoms with van der Waals surface area (Å²) in [4.78, 5) is 12.4. The van der Waals surface area contributed by atoms with Crippen LogP contribution in [0.5, 0.6) is 0 Å². The Morgan fingerprint density at radius 1 is 1.23 bits per heavy atom. The van der Waals surface area contributed by atoms with Crippen LogP contribution in [0.2, 0.25) is 0 Å². The van der Waals surface area contributed by atoms with Crippen molar-refractivity contribution in [3.63, 3.8) is 0 Å². The van der Waals surface area contributed by atoms with Crippen LogP contribution in [0.1, 0.15) is 24.8 Å². The summed E-state index contributed by atoms with van der Waals surface area (Å²) in [5, 5.41) is 7.21. The van der Waals surface area contributed by atoms with Gasteiger partial charge in [-0.1, -0.05) is 37.3 Å². The molecule has 0 fully saturated rings. The molecule has 1 amide bonds. The van der Waals surface area contributed by atoms with E-state index >= 15 is 0 Å². The maximum Gasteiger partial charge on any atom is 0.227 e. The quantitative estimate of drug-likeness (QED) is 0.759. The van der Waals surface area contributed by atoms with Gasteiger partial charge in [0.05, 0.1) is 12.1 Å². The Hall–Kier alpha value is -2.56. The maximum atomic E-state index is 12.4. The van der Waals surface area contributed by atoms with Gasteiger partial charge >= 0.3 is 0 Å². The van der Waals surface area contributed by atoms with Crippen LogP contribution in [0.15, 0.2) is 55.0 Å². The van der Waals surface area contributed by atoms with E-state index in [1.165, 1.54) is 0 Å². The molecule has 0 radical (unpaired) electrons. The highest BCUT2D eigenvalue weighted by atomic mass is 16.1. The average molecular weight is 296 g/mol. The Morgan fingerprint density at radius 3 is 2.82 bits per heavy atom. The monoisotopic (exact) mass is 296 g/mol. The highest BCUT2D eigenvalue weighted by Gasteiger charge is 2.17. The standard InChI is InChI=1S/C17H20N4O/c1-2-15(14-6-4-3-5-7-14)17(22)18-10-11-20-12-13-21-16(20)8-9-19-21/h3-9,12-13,15H,2,10-11H2,1H3,(H,18,22). The second kappa shape index (κ2) is 6.47. The van der Waals surface area contributed by atoms with Crippen molar-refractivity contribution in [2.24, 2.45) is 0 Å². The molecule has 114 valence electrons. The number of carbonyl (C=O) groups excluding carboxylic acids is 1. The van der Waals surface area contributed by atoms with Gasteiger partial charge in [0.25, 0.3) is 0 Å². The molecule has 5 nitrogen and oxygen atoms in total. The molecule has 2 heterocycles. The van der Waals surface area contributed by atoms with Crippen LogP contribution in [0, 0.1) is 0 Å². The van der Waals surface area contributed by atoms with Crippen LogP contribution in [-0.2, 0) is 11.3 Å². The maximum absolute atomic E-state index is 12.4. The van der Waals surface area contributed by atoms with Crippen LogP contribution >= 0.6 is 0 Å². The zero-order chi connectivity index (χ0) is 15.4. The number of hydrogen-bond donors (Lipinski definition) is 1. The SMILES string of the molecule is CCC(C(=O)NCCn1ccn2nccc12)c1ccccc1. The highest BCUT2D eigenvalue weighted by molar-refractivity contribution is 5.83. The molecule has 0 saturated carbocycles. The first-order valence-corrected chi connectivity index (χ1v) is 7.60. The van der Waals surface area contributed by atoms with Crippen molar-refractivity contribution in [3.8, 4) is 0 Å². The van der Waals surface area contributed by atoms with E-state index in [2.05, 4.69) is 15.0 Å². The summed E-state index contributed by atoms with van der Waals surface area (Å²) in [6.07, 6.45) is 6.46. The van der Waals surface area contributed by atoms with Crippen molar-refractivity contribution in [3.05, 3.63) is 60.6 Å². The average Bonchev–Trinajstić information content (AvgIpc) is 3.14. The van der Waals surface area contributed by atoms with Crippen molar-refractivity contribution < 1.29 is 4.79 Å². The Balaban J connectivity index is 1.59. The van der Waals surface area contributed by atoms with E-state index in [0.29, 0.717) is 6.54 Å². The third-order valence-electron chi connectivity index (χ3n) is 3.91. The third kappa shape index (κ3) is 2.88. The fraction of sp³-hybridized carbons (Fsp3) is 0.294. The van der Waals surface area contributed by atoms with E-state index in [-0.39, 0.29) is 11.8 Å². The molecular weight excluding hydrogens is 276 g/mol. The van der Waals surface area contributed by atoms with E-state index in [0.717, 1.165) is 24.2 Å². The molecule has 0 aliphatic rings. The number of hydrogen-bond acceptors (Lipinski definition) is 2. The molecule has 5 heteroatoms. The molecule has 0 bridgehead atoms. The minimum absolute atomic E-state index is 0.0825. The summed E-state index contributed by atoms with van der Waals surface area (Å²) >= 11 is 0. The molecule has 2 aromatic heterocycles. The minimum atomic E-state index is -0.0825. The van der Waals surface area contributed by atoms with Crippen molar-refractivity contribution in [2.75, 3.05) is 6.54 Å². The van der Waals surface area contributed by atoms with Gasteiger partial charge in [0.2, 0.25) is 5.91 Å². The van der Waals surface area contributed by atoms with Crippen LogP contribution in [-0.4, -0.2) is 26.6 Å². The normalized spacial score (nSPS) is 12.4. The fourth-order valence-corrected chi connectivity index (χ4v) is 2.74. The van der Waals surface area contributed by atoms with Crippen molar-refractivity contribution in [1.29, 1.82) is 0 Å². The lowest BCUT2D eigenvalue weighted by Crippen LogP contribution is -2.31. The van der Waals surface area contributed by atoms with E-state index < -0.39 is 0 Å². The van der Waals surface area contributed by atoms with Gasteiger partial charge in [0, 0.05) is 31.5 Å². The third-order valence-corrected chi connectivity index (χ3v) is 3.91. The van der Waals surface area contributed by atoms with Crippen LogP contribution < -0.4 is 5.32 Å². The lowest BCUT2D eigenvalue weighted by Gasteiger charge is -2.15. The molecule has 22 heavy (non-hydrogen) atoms. The molecule has 3 aromatic rings. The number of nitrogens with one attached hydrogen (secondary N) is 1. The molecule has 1 aromatic carbocycles. The second-order valence-electron chi connectivity index (χ2n) is 5.29. The lowest BCUT2D eigenvalue weighted by molar-refractivity contribution is -0.122. The molecule has 1 N–H and O–H groups in total. The van der Waals surface area contributed by atoms with Gasteiger partial charge in [0.15, 0.2) is 0 Å². The predicted octanol–water partition coefficient (Wildman–Crippen LogP) is 2.45. The van der Waals surface area contributed by atoms with Gasteiger partial charge in [-0.3, -0.25) is 4.79 Å². The largest absolute Gasteiger partial charge is 0.354 e.